The third-order valence-corrected chi connectivity index (χ3v) is 3.15. The largest absolute Gasteiger partial charge is 0.381 e. The maximum absolute atomic E-state index is 5.94. The van der Waals surface area contributed by atoms with Crippen LogP contribution in [0.4, 0.5) is 0 Å². The number of halogens is 2. The standard InChI is InChI=1S/C10H20Cl2O/c1-4-13-8-10(6-11,7-12)5-9(2)3/h9H,4-8H2,1-3H3. The van der Waals surface area contributed by atoms with Crippen molar-refractivity contribution in [2.75, 3.05) is 25.0 Å². The van der Waals surface area contributed by atoms with Crippen LogP contribution in [0.25, 0.3) is 0 Å². The SMILES string of the molecule is CCOCC(CCl)(CCl)CC(C)C. The van der Waals surface area contributed by atoms with E-state index < -0.39 is 0 Å². The zero-order valence-corrected chi connectivity index (χ0v) is 10.3. The first kappa shape index (κ1) is 13.5. The molecule has 80 valence electrons. The Morgan fingerprint density at radius 2 is 1.77 bits per heavy atom. The first-order chi connectivity index (χ1) is 6.10. The molecule has 0 atom stereocenters. The smallest absolute Gasteiger partial charge is 0.0545 e. The van der Waals surface area contributed by atoms with Gasteiger partial charge in [0.05, 0.1) is 6.61 Å². The van der Waals surface area contributed by atoms with E-state index in [4.69, 9.17) is 27.9 Å². The third-order valence-electron chi connectivity index (χ3n) is 2.02. The van der Waals surface area contributed by atoms with Crippen molar-refractivity contribution in [1.29, 1.82) is 0 Å². The number of rotatable bonds is 7. The van der Waals surface area contributed by atoms with Crippen LogP contribution in [0.3, 0.4) is 0 Å². The van der Waals surface area contributed by atoms with Crippen molar-refractivity contribution in [3.63, 3.8) is 0 Å². The predicted molar refractivity (Wildman–Crippen MR) is 59.8 cm³/mol. The van der Waals surface area contributed by atoms with E-state index in [1.807, 2.05) is 6.92 Å². The lowest BCUT2D eigenvalue weighted by Gasteiger charge is -2.30. The molecule has 0 aliphatic carbocycles. The molecule has 13 heavy (non-hydrogen) atoms. The van der Waals surface area contributed by atoms with Crippen molar-refractivity contribution in [2.24, 2.45) is 11.3 Å². The molecule has 0 aromatic carbocycles. The lowest BCUT2D eigenvalue weighted by atomic mass is 9.84. The van der Waals surface area contributed by atoms with Crippen molar-refractivity contribution in [3.8, 4) is 0 Å². The molecule has 0 aliphatic heterocycles. The van der Waals surface area contributed by atoms with Crippen molar-refractivity contribution in [1.82, 2.24) is 0 Å². The second-order valence-corrected chi connectivity index (χ2v) is 4.54. The van der Waals surface area contributed by atoms with Gasteiger partial charge in [-0.3, -0.25) is 0 Å². The lowest BCUT2D eigenvalue weighted by Crippen LogP contribution is -2.32. The number of hydrogen-bond acceptors (Lipinski definition) is 1. The van der Waals surface area contributed by atoms with Crippen LogP contribution in [-0.4, -0.2) is 25.0 Å². The van der Waals surface area contributed by atoms with Crippen LogP contribution in [-0.2, 0) is 4.74 Å². The van der Waals surface area contributed by atoms with Crippen LogP contribution >= 0.6 is 23.2 Å². The summed E-state index contributed by atoms with van der Waals surface area (Å²) in [5, 5.41) is 0. The van der Waals surface area contributed by atoms with Gasteiger partial charge in [0.2, 0.25) is 0 Å². The molecule has 0 fully saturated rings. The van der Waals surface area contributed by atoms with Gasteiger partial charge in [0, 0.05) is 23.8 Å². The summed E-state index contributed by atoms with van der Waals surface area (Å²) in [6, 6.07) is 0. The molecule has 3 heteroatoms. The highest BCUT2D eigenvalue weighted by Gasteiger charge is 2.29. The number of alkyl halides is 2. The van der Waals surface area contributed by atoms with E-state index >= 15 is 0 Å². The minimum atomic E-state index is -0.0344. The Kier molecular flexibility index (Phi) is 7.20. The van der Waals surface area contributed by atoms with E-state index in [1.165, 1.54) is 0 Å². The molecule has 0 aliphatic rings. The summed E-state index contributed by atoms with van der Waals surface area (Å²) < 4.78 is 5.41. The summed E-state index contributed by atoms with van der Waals surface area (Å²) in [4.78, 5) is 0. The molecule has 0 amide bonds. The average molecular weight is 227 g/mol. The van der Waals surface area contributed by atoms with Gasteiger partial charge in [0.1, 0.15) is 0 Å². The van der Waals surface area contributed by atoms with E-state index in [1.54, 1.807) is 0 Å². The Morgan fingerprint density at radius 1 is 1.23 bits per heavy atom. The molecule has 0 spiro atoms. The monoisotopic (exact) mass is 226 g/mol. The summed E-state index contributed by atoms with van der Waals surface area (Å²) in [7, 11) is 0. The molecule has 0 radical (unpaired) electrons. The van der Waals surface area contributed by atoms with Crippen molar-refractivity contribution in [2.45, 2.75) is 27.2 Å². The quantitative estimate of drug-likeness (QED) is 0.604. The zero-order valence-electron chi connectivity index (χ0n) is 8.78. The summed E-state index contributed by atoms with van der Waals surface area (Å²) >= 11 is 11.9. The molecule has 0 saturated carbocycles. The van der Waals surface area contributed by atoms with Gasteiger partial charge in [-0.15, -0.1) is 23.2 Å². The maximum atomic E-state index is 5.94. The Bertz CT molecular complexity index is 122. The van der Waals surface area contributed by atoms with E-state index in [0.29, 0.717) is 24.3 Å². The molecule has 0 aromatic heterocycles. The second kappa shape index (κ2) is 6.92. The summed E-state index contributed by atoms with van der Waals surface area (Å²) in [5.74, 6) is 1.77. The van der Waals surface area contributed by atoms with Crippen LogP contribution in [0.1, 0.15) is 27.2 Å². The minimum absolute atomic E-state index is 0.0344. The highest BCUT2D eigenvalue weighted by atomic mass is 35.5. The first-order valence-corrected chi connectivity index (χ1v) is 5.87. The van der Waals surface area contributed by atoms with E-state index in [0.717, 1.165) is 13.0 Å². The van der Waals surface area contributed by atoms with Crippen LogP contribution in [0.15, 0.2) is 0 Å². The van der Waals surface area contributed by atoms with Crippen molar-refractivity contribution >= 4 is 23.2 Å². The molecule has 0 heterocycles. The zero-order chi connectivity index (χ0) is 10.3. The van der Waals surface area contributed by atoms with Crippen LogP contribution in [0.5, 0.6) is 0 Å². The molecule has 0 N–H and O–H groups in total. The van der Waals surface area contributed by atoms with Gasteiger partial charge in [-0.05, 0) is 19.3 Å². The molecule has 0 saturated heterocycles. The summed E-state index contributed by atoms with van der Waals surface area (Å²) in [5.41, 5.74) is -0.0344. The number of ether oxygens (including phenoxy) is 1. The average Bonchev–Trinajstić information content (AvgIpc) is 2.12. The van der Waals surface area contributed by atoms with Gasteiger partial charge < -0.3 is 4.74 Å². The van der Waals surface area contributed by atoms with Crippen LogP contribution in [0.2, 0.25) is 0 Å². The van der Waals surface area contributed by atoms with E-state index in [9.17, 15) is 0 Å². The fourth-order valence-corrected chi connectivity index (χ4v) is 2.12. The lowest BCUT2D eigenvalue weighted by molar-refractivity contribution is 0.0629. The fourth-order valence-electron chi connectivity index (χ4n) is 1.47. The minimum Gasteiger partial charge on any atom is -0.381 e. The molecule has 0 rings (SSSR count). The molecular weight excluding hydrogens is 207 g/mol. The van der Waals surface area contributed by atoms with Crippen molar-refractivity contribution < 1.29 is 4.74 Å². The van der Waals surface area contributed by atoms with E-state index in [2.05, 4.69) is 13.8 Å². The highest BCUT2D eigenvalue weighted by molar-refractivity contribution is 6.21. The molecule has 0 aromatic rings. The summed E-state index contributed by atoms with van der Waals surface area (Å²) in [6.45, 7) is 7.75. The molecule has 0 unspecified atom stereocenters. The predicted octanol–water partition coefficient (Wildman–Crippen LogP) is 3.53. The third kappa shape index (κ3) is 5.09. The Labute approximate surface area is 91.7 Å². The Hall–Kier alpha value is 0.540. The Morgan fingerprint density at radius 3 is 2.08 bits per heavy atom. The summed E-state index contributed by atoms with van der Waals surface area (Å²) in [6.07, 6.45) is 1.03. The second-order valence-electron chi connectivity index (χ2n) is 4.00. The van der Waals surface area contributed by atoms with E-state index in [-0.39, 0.29) is 5.41 Å². The van der Waals surface area contributed by atoms with Crippen LogP contribution in [0, 0.1) is 11.3 Å². The molecule has 0 bridgehead atoms. The fraction of sp³-hybridized carbons (Fsp3) is 1.00. The topological polar surface area (TPSA) is 9.23 Å². The van der Waals surface area contributed by atoms with Gasteiger partial charge in [0.25, 0.3) is 0 Å². The van der Waals surface area contributed by atoms with Crippen molar-refractivity contribution in [3.05, 3.63) is 0 Å². The van der Waals surface area contributed by atoms with Gasteiger partial charge in [-0.25, -0.2) is 0 Å². The van der Waals surface area contributed by atoms with Crippen LogP contribution < -0.4 is 0 Å². The van der Waals surface area contributed by atoms with Gasteiger partial charge in [-0.2, -0.15) is 0 Å². The normalized spacial score (nSPS) is 12.5. The van der Waals surface area contributed by atoms with Gasteiger partial charge in [0.15, 0.2) is 0 Å². The van der Waals surface area contributed by atoms with Gasteiger partial charge >= 0.3 is 0 Å². The highest BCUT2D eigenvalue weighted by Crippen LogP contribution is 2.30. The molecule has 1 nitrogen and oxygen atoms in total. The van der Waals surface area contributed by atoms with Gasteiger partial charge in [-0.1, -0.05) is 13.8 Å². The molecular formula is C10H20Cl2O. The first-order valence-electron chi connectivity index (χ1n) is 4.80. The maximum Gasteiger partial charge on any atom is 0.0545 e. The number of hydrogen-bond donors (Lipinski definition) is 0. The Balaban J connectivity index is 4.13.